The van der Waals surface area contributed by atoms with Gasteiger partial charge < -0.3 is 11.1 Å². The topological polar surface area (TPSA) is 38.0 Å². The van der Waals surface area contributed by atoms with E-state index in [1.54, 1.807) is 0 Å². The average molecular weight is 240 g/mol. The molecule has 2 heteroatoms. The van der Waals surface area contributed by atoms with Crippen LogP contribution in [-0.4, -0.2) is 12.1 Å². The molecule has 2 aromatic carbocycles. The van der Waals surface area contributed by atoms with E-state index < -0.39 is 0 Å². The van der Waals surface area contributed by atoms with Gasteiger partial charge in [0.15, 0.2) is 0 Å². The Bertz CT molecular complexity index is 530. The molecule has 1 saturated carbocycles. The fraction of sp³-hybridized carbons (Fsp3) is 0.375. The minimum absolute atomic E-state index is 0.367. The van der Waals surface area contributed by atoms with Crippen LogP contribution in [-0.2, 0) is 0 Å². The Morgan fingerprint density at radius 3 is 2.72 bits per heavy atom. The average Bonchev–Trinajstić information content (AvgIpc) is 2.39. The van der Waals surface area contributed by atoms with Gasteiger partial charge in [0.05, 0.1) is 0 Å². The zero-order chi connectivity index (χ0) is 12.4. The SMILES string of the molecule is NC1CCCC(Nc2cccc3ccccc23)C1. The summed E-state index contributed by atoms with van der Waals surface area (Å²) in [6.07, 6.45) is 4.73. The zero-order valence-corrected chi connectivity index (χ0v) is 10.6. The molecule has 2 nitrogen and oxygen atoms in total. The van der Waals surface area contributed by atoms with Gasteiger partial charge in [0.2, 0.25) is 0 Å². The van der Waals surface area contributed by atoms with E-state index in [4.69, 9.17) is 5.73 Å². The van der Waals surface area contributed by atoms with Crippen LogP contribution in [0.15, 0.2) is 42.5 Å². The summed E-state index contributed by atoms with van der Waals surface area (Å²) in [6.45, 7) is 0. The Kier molecular flexibility index (Phi) is 3.20. The highest BCUT2D eigenvalue weighted by Crippen LogP contribution is 2.27. The quantitative estimate of drug-likeness (QED) is 0.843. The molecule has 2 unspecified atom stereocenters. The molecule has 94 valence electrons. The summed E-state index contributed by atoms with van der Waals surface area (Å²) in [5.74, 6) is 0. The van der Waals surface area contributed by atoms with Crippen LogP contribution in [0.5, 0.6) is 0 Å². The highest BCUT2D eigenvalue weighted by Gasteiger charge is 2.19. The van der Waals surface area contributed by atoms with Gasteiger partial charge in [-0.3, -0.25) is 0 Å². The molecule has 0 radical (unpaired) electrons. The van der Waals surface area contributed by atoms with E-state index in [0.29, 0.717) is 12.1 Å². The first-order valence-corrected chi connectivity index (χ1v) is 6.83. The molecule has 0 aromatic heterocycles. The first-order chi connectivity index (χ1) is 8.83. The highest BCUT2D eigenvalue weighted by molar-refractivity contribution is 5.93. The van der Waals surface area contributed by atoms with E-state index in [1.807, 2.05) is 0 Å². The van der Waals surface area contributed by atoms with Crippen molar-refractivity contribution in [1.29, 1.82) is 0 Å². The molecular formula is C16H20N2. The van der Waals surface area contributed by atoms with Gasteiger partial charge in [0, 0.05) is 23.2 Å². The van der Waals surface area contributed by atoms with Crippen LogP contribution in [0.3, 0.4) is 0 Å². The minimum Gasteiger partial charge on any atom is -0.382 e. The van der Waals surface area contributed by atoms with Crippen LogP contribution in [0.1, 0.15) is 25.7 Å². The van der Waals surface area contributed by atoms with Gasteiger partial charge in [-0.2, -0.15) is 0 Å². The second-order valence-corrected chi connectivity index (χ2v) is 5.29. The maximum Gasteiger partial charge on any atom is 0.0422 e. The number of benzene rings is 2. The third-order valence-corrected chi connectivity index (χ3v) is 3.86. The van der Waals surface area contributed by atoms with Crippen molar-refractivity contribution in [2.45, 2.75) is 37.8 Å². The number of fused-ring (bicyclic) bond motifs is 1. The van der Waals surface area contributed by atoms with Gasteiger partial charge in [0.1, 0.15) is 0 Å². The first-order valence-electron chi connectivity index (χ1n) is 6.83. The normalized spacial score (nSPS) is 24.1. The smallest absolute Gasteiger partial charge is 0.0422 e. The van der Waals surface area contributed by atoms with Gasteiger partial charge in [-0.15, -0.1) is 0 Å². The molecule has 1 fully saturated rings. The molecule has 2 atom stereocenters. The molecule has 1 aliphatic rings. The van der Waals surface area contributed by atoms with Crippen molar-refractivity contribution in [3.05, 3.63) is 42.5 Å². The summed E-state index contributed by atoms with van der Waals surface area (Å²) in [6, 6.07) is 15.9. The van der Waals surface area contributed by atoms with Crippen molar-refractivity contribution in [2.75, 3.05) is 5.32 Å². The Morgan fingerprint density at radius 1 is 1.00 bits per heavy atom. The number of hydrogen-bond donors (Lipinski definition) is 2. The van der Waals surface area contributed by atoms with Gasteiger partial charge in [-0.05, 0) is 37.1 Å². The lowest BCUT2D eigenvalue weighted by Crippen LogP contribution is -2.34. The lowest BCUT2D eigenvalue weighted by molar-refractivity contribution is 0.410. The minimum atomic E-state index is 0.367. The molecule has 3 N–H and O–H groups in total. The van der Waals surface area contributed by atoms with E-state index in [1.165, 1.54) is 35.7 Å². The molecule has 1 aliphatic carbocycles. The Morgan fingerprint density at radius 2 is 1.83 bits per heavy atom. The summed E-state index contributed by atoms with van der Waals surface area (Å²) in [5, 5.41) is 6.27. The largest absolute Gasteiger partial charge is 0.382 e. The molecule has 0 bridgehead atoms. The van der Waals surface area contributed by atoms with Crippen molar-refractivity contribution < 1.29 is 0 Å². The standard InChI is InChI=1S/C16H20N2/c17-13-7-4-8-14(11-13)18-16-10-3-6-12-5-1-2-9-15(12)16/h1-3,5-6,9-10,13-14,18H,4,7-8,11,17H2. The number of hydrogen-bond acceptors (Lipinski definition) is 2. The lowest BCUT2D eigenvalue weighted by Gasteiger charge is -2.28. The third kappa shape index (κ3) is 2.34. The van der Waals surface area contributed by atoms with Crippen molar-refractivity contribution in [3.63, 3.8) is 0 Å². The van der Waals surface area contributed by atoms with E-state index >= 15 is 0 Å². The summed E-state index contributed by atoms with van der Waals surface area (Å²) in [5.41, 5.74) is 7.29. The number of rotatable bonds is 2. The molecular weight excluding hydrogens is 220 g/mol. The maximum absolute atomic E-state index is 6.05. The monoisotopic (exact) mass is 240 g/mol. The second-order valence-electron chi connectivity index (χ2n) is 5.29. The van der Waals surface area contributed by atoms with Gasteiger partial charge in [-0.1, -0.05) is 36.4 Å². The number of anilines is 1. The van der Waals surface area contributed by atoms with Gasteiger partial charge in [-0.25, -0.2) is 0 Å². The summed E-state index contributed by atoms with van der Waals surface area (Å²) >= 11 is 0. The Labute approximate surface area is 108 Å². The second kappa shape index (κ2) is 4.99. The van der Waals surface area contributed by atoms with Crippen molar-refractivity contribution in [3.8, 4) is 0 Å². The molecule has 0 heterocycles. The maximum atomic E-state index is 6.05. The van der Waals surface area contributed by atoms with Crippen molar-refractivity contribution >= 4 is 16.5 Å². The number of nitrogens with one attached hydrogen (secondary N) is 1. The van der Waals surface area contributed by atoms with E-state index in [0.717, 1.165) is 6.42 Å². The fourth-order valence-corrected chi connectivity index (χ4v) is 2.93. The first kappa shape index (κ1) is 11.5. The molecule has 0 aliphatic heterocycles. The van der Waals surface area contributed by atoms with Crippen LogP contribution in [0.4, 0.5) is 5.69 Å². The van der Waals surface area contributed by atoms with Crippen LogP contribution < -0.4 is 11.1 Å². The van der Waals surface area contributed by atoms with E-state index in [2.05, 4.69) is 47.8 Å². The molecule has 0 saturated heterocycles. The summed E-state index contributed by atoms with van der Waals surface area (Å²) in [4.78, 5) is 0. The third-order valence-electron chi connectivity index (χ3n) is 3.86. The molecule has 0 amide bonds. The Hall–Kier alpha value is -1.54. The van der Waals surface area contributed by atoms with Crippen LogP contribution in [0.2, 0.25) is 0 Å². The van der Waals surface area contributed by atoms with Crippen LogP contribution in [0, 0.1) is 0 Å². The molecule has 0 spiro atoms. The molecule has 3 rings (SSSR count). The van der Waals surface area contributed by atoms with Crippen molar-refractivity contribution in [1.82, 2.24) is 0 Å². The fourth-order valence-electron chi connectivity index (χ4n) is 2.93. The van der Waals surface area contributed by atoms with Gasteiger partial charge in [0.25, 0.3) is 0 Å². The zero-order valence-electron chi connectivity index (χ0n) is 10.6. The molecule has 2 aromatic rings. The lowest BCUT2D eigenvalue weighted by atomic mass is 9.91. The summed E-state index contributed by atoms with van der Waals surface area (Å²) in [7, 11) is 0. The molecule has 18 heavy (non-hydrogen) atoms. The van der Waals surface area contributed by atoms with Crippen LogP contribution in [0.25, 0.3) is 10.8 Å². The van der Waals surface area contributed by atoms with E-state index in [-0.39, 0.29) is 0 Å². The Balaban J connectivity index is 1.86. The summed E-state index contributed by atoms with van der Waals surface area (Å²) < 4.78 is 0. The predicted octanol–water partition coefficient (Wildman–Crippen LogP) is 3.52. The van der Waals surface area contributed by atoms with E-state index in [9.17, 15) is 0 Å². The van der Waals surface area contributed by atoms with Crippen LogP contribution >= 0.6 is 0 Å². The van der Waals surface area contributed by atoms with Crippen molar-refractivity contribution in [2.24, 2.45) is 5.73 Å². The predicted molar refractivity (Wildman–Crippen MR) is 77.8 cm³/mol. The highest BCUT2D eigenvalue weighted by atomic mass is 14.9. The number of nitrogens with two attached hydrogens (primary N) is 1. The van der Waals surface area contributed by atoms with Gasteiger partial charge >= 0.3 is 0 Å².